The average molecular weight is 183 g/mol. The molecule has 12 heavy (non-hydrogen) atoms. The lowest BCUT2D eigenvalue weighted by molar-refractivity contribution is 0.342. The number of ether oxygens (including phenoxy) is 1. The maximum atomic E-state index is 5.50. The highest BCUT2D eigenvalue weighted by atomic mass is 35.5. The number of benzene rings is 1. The summed E-state index contributed by atoms with van der Waals surface area (Å²) in [6, 6.07) is 7.74. The van der Waals surface area contributed by atoms with Crippen LogP contribution in [0.25, 0.3) is 6.08 Å². The van der Waals surface area contributed by atoms with Crippen LogP contribution in [0.15, 0.2) is 30.8 Å². The van der Waals surface area contributed by atoms with Crippen LogP contribution in [-0.2, 0) is 0 Å². The van der Waals surface area contributed by atoms with Crippen LogP contribution in [0.1, 0.15) is 5.56 Å². The van der Waals surface area contributed by atoms with Gasteiger partial charge in [0.15, 0.2) is 0 Å². The van der Waals surface area contributed by atoms with Crippen molar-refractivity contribution in [3.8, 4) is 5.75 Å². The van der Waals surface area contributed by atoms with Crippen LogP contribution in [0.4, 0.5) is 0 Å². The first-order valence-corrected chi connectivity index (χ1v) is 4.32. The zero-order chi connectivity index (χ0) is 8.81. The Morgan fingerprint density at radius 1 is 1.42 bits per heavy atom. The lowest BCUT2D eigenvalue weighted by Crippen LogP contribution is -1.98. The molecule has 1 aromatic rings. The molecule has 0 bridgehead atoms. The molecule has 0 aromatic heterocycles. The standard InChI is InChI=1S/C10H11ClO/c1-2-9-5-3-4-6-10(9)12-8-7-11/h2-6H,1,7-8H2. The van der Waals surface area contributed by atoms with Crippen molar-refractivity contribution in [1.29, 1.82) is 0 Å². The summed E-state index contributed by atoms with van der Waals surface area (Å²) in [6.45, 7) is 4.22. The van der Waals surface area contributed by atoms with Gasteiger partial charge in [-0.2, -0.15) is 0 Å². The second kappa shape index (κ2) is 4.83. The van der Waals surface area contributed by atoms with Crippen LogP contribution in [0.2, 0.25) is 0 Å². The van der Waals surface area contributed by atoms with Crippen molar-refractivity contribution in [2.24, 2.45) is 0 Å². The predicted octanol–water partition coefficient (Wildman–Crippen LogP) is 2.95. The molecule has 2 heteroatoms. The van der Waals surface area contributed by atoms with Gasteiger partial charge in [-0.25, -0.2) is 0 Å². The average Bonchev–Trinajstić information content (AvgIpc) is 2.15. The van der Waals surface area contributed by atoms with E-state index in [0.717, 1.165) is 11.3 Å². The lowest BCUT2D eigenvalue weighted by atomic mass is 10.2. The summed E-state index contributed by atoms with van der Waals surface area (Å²) >= 11 is 5.50. The van der Waals surface area contributed by atoms with E-state index in [-0.39, 0.29) is 0 Å². The molecule has 0 radical (unpaired) electrons. The Morgan fingerprint density at radius 2 is 2.17 bits per heavy atom. The van der Waals surface area contributed by atoms with Crippen LogP contribution >= 0.6 is 11.6 Å². The maximum absolute atomic E-state index is 5.50. The molecule has 0 atom stereocenters. The third-order valence-electron chi connectivity index (χ3n) is 1.47. The van der Waals surface area contributed by atoms with Gasteiger partial charge in [0.1, 0.15) is 12.4 Å². The summed E-state index contributed by atoms with van der Waals surface area (Å²) < 4.78 is 5.37. The fraction of sp³-hybridized carbons (Fsp3) is 0.200. The van der Waals surface area contributed by atoms with Gasteiger partial charge in [-0.1, -0.05) is 30.9 Å². The van der Waals surface area contributed by atoms with Gasteiger partial charge in [0.2, 0.25) is 0 Å². The normalized spacial score (nSPS) is 9.42. The van der Waals surface area contributed by atoms with Gasteiger partial charge in [-0.15, -0.1) is 11.6 Å². The van der Waals surface area contributed by atoms with Gasteiger partial charge >= 0.3 is 0 Å². The van der Waals surface area contributed by atoms with Crippen molar-refractivity contribution < 1.29 is 4.74 Å². The van der Waals surface area contributed by atoms with Crippen LogP contribution in [0.3, 0.4) is 0 Å². The summed E-state index contributed by atoms with van der Waals surface area (Å²) in [4.78, 5) is 0. The molecule has 0 spiro atoms. The molecule has 0 unspecified atom stereocenters. The maximum Gasteiger partial charge on any atom is 0.126 e. The van der Waals surface area contributed by atoms with E-state index in [1.807, 2.05) is 24.3 Å². The van der Waals surface area contributed by atoms with Gasteiger partial charge in [0, 0.05) is 5.56 Å². The minimum absolute atomic E-state index is 0.505. The van der Waals surface area contributed by atoms with Gasteiger partial charge in [0.05, 0.1) is 5.88 Å². The summed E-state index contributed by atoms with van der Waals surface area (Å²) in [7, 11) is 0. The Labute approximate surface area is 77.6 Å². The molecule has 1 nitrogen and oxygen atoms in total. The Bertz CT molecular complexity index is 258. The number of hydrogen-bond acceptors (Lipinski definition) is 1. The molecular weight excluding hydrogens is 172 g/mol. The highest BCUT2D eigenvalue weighted by Crippen LogP contribution is 2.18. The molecule has 0 saturated carbocycles. The number of rotatable bonds is 4. The smallest absolute Gasteiger partial charge is 0.126 e. The molecule has 0 saturated heterocycles. The molecule has 0 amide bonds. The second-order valence-corrected chi connectivity index (χ2v) is 2.66. The molecule has 64 valence electrons. The molecular formula is C10H11ClO. The van der Waals surface area contributed by atoms with E-state index in [1.54, 1.807) is 6.08 Å². The summed E-state index contributed by atoms with van der Waals surface area (Å²) in [5.41, 5.74) is 1.00. The fourth-order valence-corrected chi connectivity index (χ4v) is 1.01. The van der Waals surface area contributed by atoms with Gasteiger partial charge in [-0.3, -0.25) is 0 Å². The fourth-order valence-electron chi connectivity index (χ4n) is 0.929. The monoisotopic (exact) mass is 182 g/mol. The minimum atomic E-state index is 0.505. The number of hydrogen-bond donors (Lipinski definition) is 0. The molecule has 1 rings (SSSR count). The summed E-state index contributed by atoms with van der Waals surface area (Å²) in [5, 5.41) is 0. The van der Waals surface area contributed by atoms with Gasteiger partial charge in [0.25, 0.3) is 0 Å². The van der Waals surface area contributed by atoms with Crippen LogP contribution in [0.5, 0.6) is 5.75 Å². The van der Waals surface area contributed by atoms with Crippen molar-refractivity contribution in [2.75, 3.05) is 12.5 Å². The number of para-hydroxylation sites is 1. The predicted molar refractivity (Wildman–Crippen MR) is 52.7 cm³/mol. The highest BCUT2D eigenvalue weighted by molar-refractivity contribution is 6.18. The largest absolute Gasteiger partial charge is 0.492 e. The molecule has 0 aliphatic carbocycles. The minimum Gasteiger partial charge on any atom is -0.492 e. The summed E-state index contributed by atoms with van der Waals surface area (Å²) in [6.07, 6.45) is 1.77. The van der Waals surface area contributed by atoms with Crippen molar-refractivity contribution in [2.45, 2.75) is 0 Å². The third-order valence-corrected chi connectivity index (χ3v) is 1.63. The van der Waals surface area contributed by atoms with Crippen molar-refractivity contribution in [3.63, 3.8) is 0 Å². The zero-order valence-electron chi connectivity index (χ0n) is 6.79. The van der Waals surface area contributed by atoms with Gasteiger partial charge < -0.3 is 4.74 Å². The highest BCUT2D eigenvalue weighted by Gasteiger charge is 1.96. The van der Waals surface area contributed by atoms with Crippen LogP contribution in [0, 0.1) is 0 Å². The van der Waals surface area contributed by atoms with Crippen molar-refractivity contribution in [3.05, 3.63) is 36.4 Å². The van der Waals surface area contributed by atoms with E-state index in [9.17, 15) is 0 Å². The molecule has 0 heterocycles. The Balaban J connectivity index is 2.75. The van der Waals surface area contributed by atoms with E-state index in [2.05, 4.69) is 6.58 Å². The molecule has 1 aromatic carbocycles. The Hall–Kier alpha value is -0.950. The van der Waals surface area contributed by atoms with E-state index in [1.165, 1.54) is 0 Å². The van der Waals surface area contributed by atoms with E-state index in [0.29, 0.717) is 12.5 Å². The topological polar surface area (TPSA) is 9.23 Å². The molecule has 0 N–H and O–H groups in total. The van der Waals surface area contributed by atoms with Crippen LogP contribution in [-0.4, -0.2) is 12.5 Å². The zero-order valence-corrected chi connectivity index (χ0v) is 7.55. The SMILES string of the molecule is C=Cc1ccccc1OCCCl. The first kappa shape index (κ1) is 9.14. The molecule has 0 aliphatic rings. The quantitative estimate of drug-likeness (QED) is 0.651. The van der Waals surface area contributed by atoms with Crippen LogP contribution < -0.4 is 4.74 Å². The van der Waals surface area contributed by atoms with Crippen molar-refractivity contribution >= 4 is 17.7 Å². The molecule has 0 aliphatic heterocycles. The Kier molecular flexibility index (Phi) is 3.68. The van der Waals surface area contributed by atoms with E-state index >= 15 is 0 Å². The first-order chi connectivity index (χ1) is 5.88. The van der Waals surface area contributed by atoms with Gasteiger partial charge in [-0.05, 0) is 6.07 Å². The summed E-state index contributed by atoms with van der Waals surface area (Å²) in [5.74, 6) is 1.35. The lowest BCUT2D eigenvalue weighted by Gasteiger charge is -2.06. The number of halogens is 1. The third kappa shape index (κ3) is 2.28. The molecule has 0 fully saturated rings. The first-order valence-electron chi connectivity index (χ1n) is 3.78. The van der Waals surface area contributed by atoms with E-state index in [4.69, 9.17) is 16.3 Å². The second-order valence-electron chi connectivity index (χ2n) is 2.28. The van der Waals surface area contributed by atoms with Crippen molar-refractivity contribution in [1.82, 2.24) is 0 Å². The Morgan fingerprint density at radius 3 is 2.83 bits per heavy atom. The van der Waals surface area contributed by atoms with E-state index < -0.39 is 0 Å². The number of alkyl halides is 1.